The van der Waals surface area contributed by atoms with Gasteiger partial charge < -0.3 is 14.8 Å². The predicted octanol–water partition coefficient (Wildman–Crippen LogP) is 2.77. The zero-order valence-electron chi connectivity index (χ0n) is 12.6. The van der Waals surface area contributed by atoms with Crippen LogP contribution >= 0.6 is 0 Å². The molecule has 0 spiro atoms. The van der Waals surface area contributed by atoms with Gasteiger partial charge in [0, 0.05) is 6.20 Å². The molecule has 1 heterocycles. The third-order valence-corrected chi connectivity index (χ3v) is 4.04. The predicted molar refractivity (Wildman–Crippen MR) is 83.3 cm³/mol. The molecule has 1 aromatic carbocycles. The molecule has 5 nitrogen and oxygen atoms in total. The Morgan fingerprint density at radius 1 is 1.18 bits per heavy atom. The van der Waals surface area contributed by atoms with Crippen molar-refractivity contribution in [2.75, 3.05) is 19.5 Å². The maximum atomic E-state index is 12.6. The van der Waals surface area contributed by atoms with E-state index < -0.39 is 5.41 Å². The van der Waals surface area contributed by atoms with E-state index in [1.54, 1.807) is 32.7 Å². The Morgan fingerprint density at radius 2 is 1.95 bits per heavy atom. The molecule has 0 bridgehead atoms. The van der Waals surface area contributed by atoms with Gasteiger partial charge in [-0.2, -0.15) is 0 Å². The van der Waals surface area contributed by atoms with Crippen molar-refractivity contribution in [3.8, 4) is 11.5 Å². The van der Waals surface area contributed by atoms with Crippen LogP contribution in [0, 0.1) is 0 Å². The Hall–Kier alpha value is -2.56. The van der Waals surface area contributed by atoms with E-state index in [4.69, 9.17) is 9.47 Å². The summed E-state index contributed by atoms with van der Waals surface area (Å²) in [7, 11) is 3.19. The largest absolute Gasteiger partial charge is 0.493 e. The summed E-state index contributed by atoms with van der Waals surface area (Å²) in [5.74, 6) is 1.29. The highest BCUT2D eigenvalue weighted by molar-refractivity contribution is 6.01. The fourth-order valence-corrected chi connectivity index (χ4v) is 2.59. The van der Waals surface area contributed by atoms with Crippen LogP contribution in [0.25, 0.3) is 0 Å². The Labute approximate surface area is 129 Å². The summed E-state index contributed by atoms with van der Waals surface area (Å²) >= 11 is 0. The molecule has 1 amide bonds. The first-order valence-corrected chi connectivity index (χ1v) is 7.13. The molecule has 0 radical (unpaired) electrons. The van der Waals surface area contributed by atoms with Gasteiger partial charge in [0.1, 0.15) is 0 Å². The normalized spacial score (nSPS) is 15.0. The monoisotopic (exact) mass is 298 g/mol. The van der Waals surface area contributed by atoms with Crippen LogP contribution in [0.4, 0.5) is 5.69 Å². The summed E-state index contributed by atoms with van der Waals surface area (Å²) in [4.78, 5) is 16.7. The standard InChI is InChI=1S/C17H18N2O3/c1-21-14-6-5-12(10-15(14)22-2)17(7-8-17)16(20)19-13-4-3-9-18-11-13/h3-6,9-11H,7-8H2,1-2H3,(H,19,20). The molecule has 22 heavy (non-hydrogen) atoms. The molecule has 5 heteroatoms. The van der Waals surface area contributed by atoms with Crippen LogP contribution in [0.2, 0.25) is 0 Å². The van der Waals surface area contributed by atoms with E-state index in [9.17, 15) is 4.79 Å². The Morgan fingerprint density at radius 3 is 2.55 bits per heavy atom. The van der Waals surface area contributed by atoms with Crippen LogP contribution in [0.15, 0.2) is 42.7 Å². The summed E-state index contributed by atoms with van der Waals surface area (Å²) in [6, 6.07) is 9.28. The van der Waals surface area contributed by atoms with E-state index in [2.05, 4.69) is 10.3 Å². The molecule has 3 rings (SSSR count). The van der Waals surface area contributed by atoms with Crippen LogP contribution in [0.5, 0.6) is 11.5 Å². The first-order valence-electron chi connectivity index (χ1n) is 7.13. The number of carbonyl (C=O) groups excluding carboxylic acids is 1. The van der Waals surface area contributed by atoms with Gasteiger partial charge in [0.15, 0.2) is 11.5 Å². The zero-order chi connectivity index (χ0) is 15.6. The number of methoxy groups -OCH3 is 2. The second-order valence-electron chi connectivity index (χ2n) is 5.35. The van der Waals surface area contributed by atoms with Crippen molar-refractivity contribution in [3.63, 3.8) is 0 Å². The fraction of sp³-hybridized carbons (Fsp3) is 0.294. The minimum Gasteiger partial charge on any atom is -0.493 e. The Kier molecular flexibility index (Phi) is 3.71. The number of rotatable bonds is 5. The van der Waals surface area contributed by atoms with E-state index in [-0.39, 0.29) is 5.91 Å². The van der Waals surface area contributed by atoms with Gasteiger partial charge in [-0.15, -0.1) is 0 Å². The number of anilines is 1. The number of nitrogens with one attached hydrogen (secondary N) is 1. The highest BCUT2D eigenvalue weighted by Crippen LogP contribution is 2.50. The summed E-state index contributed by atoms with van der Waals surface area (Å²) in [6.07, 6.45) is 4.97. The molecule has 1 aromatic heterocycles. The van der Waals surface area contributed by atoms with Gasteiger partial charge >= 0.3 is 0 Å². The van der Waals surface area contributed by atoms with Gasteiger partial charge in [0.2, 0.25) is 5.91 Å². The zero-order valence-corrected chi connectivity index (χ0v) is 12.6. The molecule has 1 aliphatic rings. The van der Waals surface area contributed by atoms with Crippen LogP contribution in [0.1, 0.15) is 18.4 Å². The molecule has 0 aliphatic heterocycles. The third kappa shape index (κ3) is 2.50. The molecule has 1 fully saturated rings. The van der Waals surface area contributed by atoms with Gasteiger partial charge in [0.25, 0.3) is 0 Å². The molecular weight excluding hydrogens is 280 g/mol. The van der Waals surface area contributed by atoms with Gasteiger partial charge in [-0.1, -0.05) is 6.07 Å². The molecule has 1 aliphatic carbocycles. The van der Waals surface area contributed by atoms with Gasteiger partial charge in [0.05, 0.1) is 31.5 Å². The number of carbonyl (C=O) groups is 1. The lowest BCUT2D eigenvalue weighted by atomic mass is 9.94. The Balaban J connectivity index is 1.85. The van der Waals surface area contributed by atoms with Crippen molar-refractivity contribution in [2.24, 2.45) is 0 Å². The summed E-state index contributed by atoms with van der Waals surface area (Å²) in [5, 5.41) is 2.94. The number of hydrogen-bond acceptors (Lipinski definition) is 4. The molecule has 0 unspecified atom stereocenters. The fourth-order valence-electron chi connectivity index (χ4n) is 2.59. The average molecular weight is 298 g/mol. The van der Waals surface area contributed by atoms with E-state index in [0.29, 0.717) is 17.2 Å². The number of nitrogens with zero attached hydrogens (tertiary/aromatic N) is 1. The second kappa shape index (κ2) is 5.67. The first kappa shape index (κ1) is 14.4. The molecule has 2 aromatic rings. The van der Waals surface area contributed by atoms with Crippen molar-refractivity contribution in [2.45, 2.75) is 18.3 Å². The van der Waals surface area contributed by atoms with E-state index >= 15 is 0 Å². The van der Waals surface area contributed by atoms with Crippen molar-refractivity contribution in [1.29, 1.82) is 0 Å². The molecular formula is C17H18N2O3. The highest BCUT2D eigenvalue weighted by atomic mass is 16.5. The van der Waals surface area contributed by atoms with E-state index in [1.165, 1.54) is 0 Å². The van der Waals surface area contributed by atoms with Crippen molar-refractivity contribution >= 4 is 11.6 Å². The van der Waals surface area contributed by atoms with Gasteiger partial charge in [-0.3, -0.25) is 9.78 Å². The minimum absolute atomic E-state index is 0.00674. The minimum atomic E-state index is -0.477. The number of aromatic nitrogens is 1. The smallest absolute Gasteiger partial charge is 0.235 e. The summed E-state index contributed by atoms with van der Waals surface area (Å²) < 4.78 is 10.6. The van der Waals surface area contributed by atoms with Crippen LogP contribution in [-0.4, -0.2) is 25.1 Å². The lowest BCUT2D eigenvalue weighted by Gasteiger charge is -2.17. The lowest BCUT2D eigenvalue weighted by Crippen LogP contribution is -2.27. The molecule has 1 saturated carbocycles. The molecule has 0 atom stereocenters. The number of hydrogen-bond donors (Lipinski definition) is 1. The molecule has 114 valence electrons. The maximum absolute atomic E-state index is 12.6. The quantitative estimate of drug-likeness (QED) is 0.922. The van der Waals surface area contributed by atoms with E-state index in [1.807, 2.05) is 24.3 Å². The highest BCUT2D eigenvalue weighted by Gasteiger charge is 2.51. The third-order valence-electron chi connectivity index (χ3n) is 4.04. The van der Waals surface area contributed by atoms with Crippen LogP contribution in [-0.2, 0) is 10.2 Å². The van der Waals surface area contributed by atoms with Crippen molar-refractivity contribution in [3.05, 3.63) is 48.3 Å². The van der Waals surface area contributed by atoms with Crippen molar-refractivity contribution < 1.29 is 14.3 Å². The molecule has 1 N–H and O–H groups in total. The maximum Gasteiger partial charge on any atom is 0.235 e. The average Bonchev–Trinajstić information content (AvgIpc) is 3.37. The van der Waals surface area contributed by atoms with E-state index in [0.717, 1.165) is 18.4 Å². The summed E-state index contributed by atoms with van der Waals surface area (Å²) in [5.41, 5.74) is 1.18. The molecule has 0 saturated heterocycles. The van der Waals surface area contributed by atoms with Crippen LogP contribution < -0.4 is 14.8 Å². The van der Waals surface area contributed by atoms with Gasteiger partial charge in [-0.25, -0.2) is 0 Å². The summed E-state index contributed by atoms with van der Waals surface area (Å²) in [6.45, 7) is 0. The Bertz CT molecular complexity index is 682. The number of amides is 1. The lowest BCUT2D eigenvalue weighted by molar-refractivity contribution is -0.118. The SMILES string of the molecule is COc1ccc(C2(C(=O)Nc3cccnc3)CC2)cc1OC. The van der Waals surface area contributed by atoms with Crippen LogP contribution in [0.3, 0.4) is 0 Å². The topological polar surface area (TPSA) is 60.5 Å². The number of ether oxygens (including phenoxy) is 2. The number of pyridine rings is 1. The first-order chi connectivity index (χ1) is 10.7. The van der Waals surface area contributed by atoms with Crippen molar-refractivity contribution in [1.82, 2.24) is 4.98 Å². The van der Waals surface area contributed by atoms with Gasteiger partial charge in [-0.05, 0) is 42.7 Å². The number of benzene rings is 1. The second-order valence-corrected chi connectivity index (χ2v) is 5.35.